The van der Waals surface area contributed by atoms with Crippen LogP contribution in [0, 0.1) is 0 Å². The van der Waals surface area contributed by atoms with Crippen LogP contribution in [-0.2, 0) is 11.2 Å². The maximum Gasteiger partial charge on any atom is 0.224 e. The molecule has 1 aliphatic rings. The summed E-state index contributed by atoms with van der Waals surface area (Å²) in [4.78, 5) is 16.8. The van der Waals surface area contributed by atoms with Crippen LogP contribution in [0.3, 0.4) is 0 Å². The normalized spacial score (nSPS) is 15.3. The fraction of sp³-hybridized carbons (Fsp3) is 0.400. The molecule has 0 radical (unpaired) electrons. The van der Waals surface area contributed by atoms with E-state index < -0.39 is 0 Å². The third kappa shape index (κ3) is 7.30. The summed E-state index contributed by atoms with van der Waals surface area (Å²) in [5.41, 5.74) is 3.26. The number of aromatic nitrogens is 1. The van der Waals surface area contributed by atoms with E-state index in [1.54, 1.807) is 6.20 Å². The quantitative estimate of drug-likeness (QED) is 0.283. The summed E-state index contributed by atoms with van der Waals surface area (Å²) < 4.78 is 5.74. The summed E-state index contributed by atoms with van der Waals surface area (Å²) in [5, 5.41) is 3.02. The van der Waals surface area contributed by atoms with Gasteiger partial charge in [0.1, 0.15) is 12.4 Å². The van der Waals surface area contributed by atoms with E-state index in [1.165, 1.54) is 18.4 Å². The number of hydrogen-bond acceptors (Lipinski definition) is 3. The number of pyridine rings is 1. The molecule has 27 heavy (non-hydrogen) atoms. The fourth-order valence-corrected chi connectivity index (χ4v) is 3.24. The van der Waals surface area contributed by atoms with Crippen LogP contribution >= 0.6 is 67.8 Å². The number of carbonyl (C=O) groups is 1. The number of carbonyl (C=O) groups excluding carboxylic acids is 1. The van der Waals surface area contributed by atoms with Crippen LogP contribution in [0.2, 0.25) is 0 Å². The van der Waals surface area contributed by atoms with Crippen LogP contribution in [-0.4, -0.2) is 16.9 Å². The number of nitrogens with one attached hydrogen (secondary N) is 1. The maximum absolute atomic E-state index is 12.3. The number of alkyl halides is 3. The molecule has 1 heterocycles. The first-order valence-electron chi connectivity index (χ1n) is 8.84. The third-order valence-electron chi connectivity index (χ3n) is 4.38. The maximum atomic E-state index is 12.3. The Morgan fingerprint density at radius 2 is 1.93 bits per heavy atom. The second kappa shape index (κ2) is 9.55. The van der Waals surface area contributed by atoms with E-state index in [-0.39, 0.29) is 11.4 Å². The van der Waals surface area contributed by atoms with Crippen molar-refractivity contribution in [2.45, 2.75) is 37.6 Å². The molecule has 0 unspecified atom stereocenters. The molecule has 0 aliphatic heterocycles. The number of benzene rings is 1. The van der Waals surface area contributed by atoms with Gasteiger partial charge >= 0.3 is 0 Å². The minimum atomic E-state index is -0.143. The number of rotatable bonds is 8. The molecule has 4 nitrogen and oxygen atoms in total. The van der Waals surface area contributed by atoms with Crippen LogP contribution in [0.1, 0.15) is 48.5 Å². The van der Waals surface area contributed by atoms with Gasteiger partial charge in [0.05, 0.1) is 24.4 Å². The molecule has 1 N–H and O–H groups in total. The summed E-state index contributed by atoms with van der Waals surface area (Å²) in [6.07, 6.45) is 4.69. The van der Waals surface area contributed by atoms with Gasteiger partial charge in [0.15, 0.2) is -0.565 Å². The van der Waals surface area contributed by atoms with E-state index in [4.69, 9.17) is 4.74 Å². The first kappa shape index (κ1) is 21.5. The zero-order valence-corrected chi connectivity index (χ0v) is 21.4. The highest BCUT2D eigenvalue weighted by molar-refractivity contribution is 14.3. The van der Waals surface area contributed by atoms with Gasteiger partial charge in [-0.1, -0.05) is 92.0 Å². The lowest BCUT2D eigenvalue weighted by Gasteiger charge is -2.16. The Hall–Kier alpha value is -0.170. The van der Waals surface area contributed by atoms with E-state index in [2.05, 4.69) is 102 Å². The summed E-state index contributed by atoms with van der Waals surface area (Å²) in [6.45, 7) is 2.55. The van der Waals surface area contributed by atoms with Crippen molar-refractivity contribution in [1.82, 2.24) is 10.3 Å². The minimum absolute atomic E-state index is 0.00770. The van der Waals surface area contributed by atoms with Gasteiger partial charge in [0, 0.05) is 0 Å². The highest BCUT2D eigenvalue weighted by Crippen LogP contribution is 2.40. The van der Waals surface area contributed by atoms with E-state index in [9.17, 15) is 4.79 Å². The molecular formula is C20H21I3N2O2. The molecule has 2 aromatic rings. The predicted octanol–water partition coefficient (Wildman–Crippen LogP) is 5.72. The van der Waals surface area contributed by atoms with Crippen molar-refractivity contribution in [3.63, 3.8) is 0 Å². The molecule has 0 bridgehead atoms. The largest absolute Gasteiger partial charge is 0.489 e. The van der Waals surface area contributed by atoms with Gasteiger partial charge in [-0.3, -0.25) is 9.78 Å². The number of halogens is 3. The van der Waals surface area contributed by atoms with Gasteiger partial charge in [-0.15, -0.1) is 0 Å². The zero-order valence-electron chi connectivity index (χ0n) is 14.9. The van der Waals surface area contributed by atoms with E-state index in [1.807, 2.05) is 19.1 Å². The smallest absolute Gasteiger partial charge is 0.224 e. The molecule has 1 amide bonds. The second-order valence-electron chi connectivity index (χ2n) is 6.80. The molecule has 1 saturated carbocycles. The van der Waals surface area contributed by atoms with Crippen LogP contribution in [0.15, 0.2) is 42.6 Å². The van der Waals surface area contributed by atoms with Crippen molar-refractivity contribution in [2.24, 2.45) is 0 Å². The molecule has 144 valence electrons. The predicted molar refractivity (Wildman–Crippen MR) is 133 cm³/mol. The molecule has 7 heteroatoms. The van der Waals surface area contributed by atoms with Gasteiger partial charge in [-0.05, 0) is 48.9 Å². The third-order valence-corrected chi connectivity index (χ3v) is 5.31. The lowest BCUT2D eigenvalue weighted by Crippen LogP contribution is -2.28. The van der Waals surface area contributed by atoms with Crippen molar-refractivity contribution < 1.29 is 9.53 Å². The molecule has 1 aliphatic carbocycles. The molecule has 0 spiro atoms. The number of ether oxygens (including phenoxy) is 1. The monoisotopic (exact) mass is 702 g/mol. The number of hydrogen-bond donors (Lipinski definition) is 1. The SMILES string of the molecule is C[C@@H](NC(=O)Cc1ccc(C2CC2)cc1)c1ccc(OCC(I)(I)I)cn1. The molecule has 1 fully saturated rings. The Balaban J connectivity index is 1.49. The fourth-order valence-electron chi connectivity index (χ4n) is 2.77. The van der Waals surface area contributed by atoms with E-state index in [0.717, 1.165) is 22.9 Å². The average Bonchev–Trinajstić information content (AvgIpc) is 3.45. The number of amides is 1. The Labute approximate surface area is 201 Å². The van der Waals surface area contributed by atoms with Crippen molar-refractivity contribution in [1.29, 1.82) is 0 Å². The molecule has 3 rings (SSSR count). The molecular weight excluding hydrogens is 681 g/mol. The van der Waals surface area contributed by atoms with E-state index >= 15 is 0 Å². The van der Waals surface area contributed by atoms with Crippen LogP contribution < -0.4 is 10.1 Å². The van der Waals surface area contributed by atoms with Gasteiger partial charge in [-0.25, -0.2) is 0 Å². The summed E-state index contributed by atoms with van der Waals surface area (Å²) in [6, 6.07) is 12.1. The van der Waals surface area contributed by atoms with Crippen molar-refractivity contribution >= 4 is 73.7 Å². The highest BCUT2D eigenvalue weighted by atomic mass is 127. The average molecular weight is 702 g/mol. The van der Waals surface area contributed by atoms with Gasteiger partial charge in [0.2, 0.25) is 5.91 Å². The summed E-state index contributed by atoms with van der Waals surface area (Å²) >= 11 is 6.99. The first-order chi connectivity index (χ1) is 12.8. The van der Waals surface area contributed by atoms with Crippen LogP contribution in [0.5, 0.6) is 5.75 Å². The van der Waals surface area contributed by atoms with Gasteiger partial charge in [-0.2, -0.15) is 0 Å². The molecule has 1 atom stereocenters. The minimum Gasteiger partial charge on any atom is -0.489 e. The Kier molecular flexibility index (Phi) is 7.62. The first-order valence-corrected chi connectivity index (χ1v) is 12.1. The zero-order chi connectivity index (χ0) is 19.4. The van der Waals surface area contributed by atoms with Crippen molar-refractivity contribution in [3.05, 3.63) is 59.4 Å². The van der Waals surface area contributed by atoms with Gasteiger partial charge in [0.25, 0.3) is 0 Å². The van der Waals surface area contributed by atoms with Crippen molar-refractivity contribution in [2.75, 3.05) is 6.61 Å². The standard InChI is InChI=1S/C20H21I3N2O2/c1-13(18-9-8-17(11-24-18)27-12-20(21,22)23)25-19(26)10-14-2-4-15(5-3-14)16-6-7-16/h2-5,8-9,11,13,16H,6-7,10,12H2,1H3,(H,25,26)/t13-/m1/s1. The van der Waals surface area contributed by atoms with Gasteiger partial charge < -0.3 is 10.1 Å². The van der Waals surface area contributed by atoms with Crippen LogP contribution in [0.25, 0.3) is 0 Å². The Morgan fingerprint density at radius 3 is 2.48 bits per heavy atom. The topological polar surface area (TPSA) is 51.2 Å². The highest BCUT2D eigenvalue weighted by Gasteiger charge is 2.23. The number of nitrogens with zero attached hydrogens (tertiary/aromatic N) is 1. The lowest BCUT2D eigenvalue weighted by atomic mass is 10.1. The summed E-state index contributed by atoms with van der Waals surface area (Å²) in [7, 11) is 0. The molecule has 1 aromatic carbocycles. The van der Waals surface area contributed by atoms with E-state index in [0.29, 0.717) is 13.0 Å². The molecule has 0 saturated heterocycles. The van der Waals surface area contributed by atoms with Crippen LogP contribution in [0.4, 0.5) is 0 Å². The lowest BCUT2D eigenvalue weighted by molar-refractivity contribution is -0.121. The molecule has 1 aromatic heterocycles. The Bertz CT molecular complexity index is 769. The van der Waals surface area contributed by atoms with Crippen molar-refractivity contribution in [3.8, 4) is 5.75 Å². The Morgan fingerprint density at radius 1 is 1.22 bits per heavy atom. The summed E-state index contributed by atoms with van der Waals surface area (Å²) in [5.74, 6) is 1.49. The second-order valence-corrected chi connectivity index (χ2v) is 18.5.